The Labute approximate surface area is 93.9 Å². The van der Waals surface area contributed by atoms with E-state index < -0.39 is 6.09 Å². The van der Waals surface area contributed by atoms with Crippen LogP contribution in [0.15, 0.2) is 18.3 Å². The maximum atomic E-state index is 10.7. The molecule has 0 radical (unpaired) electrons. The lowest BCUT2D eigenvalue weighted by molar-refractivity contribution is 0.132. The molecule has 1 amide bonds. The molecule has 0 saturated carbocycles. The highest BCUT2D eigenvalue weighted by Crippen LogP contribution is 2.28. The molecule has 1 aromatic heterocycles. The van der Waals surface area contributed by atoms with E-state index in [-0.39, 0.29) is 0 Å². The topological polar surface area (TPSA) is 79.5 Å². The molecule has 0 spiro atoms. The van der Waals surface area contributed by atoms with Crippen molar-refractivity contribution in [3.05, 3.63) is 23.9 Å². The molecule has 5 nitrogen and oxygen atoms in total. The van der Waals surface area contributed by atoms with Crippen molar-refractivity contribution in [1.82, 2.24) is 9.88 Å². The number of rotatable bonds is 1. The Kier molecular flexibility index (Phi) is 2.94. The van der Waals surface area contributed by atoms with Crippen molar-refractivity contribution in [1.29, 1.82) is 0 Å². The minimum atomic E-state index is -0.826. The number of carbonyl (C=O) groups is 1. The number of nitrogen functional groups attached to an aromatic ring is 1. The van der Waals surface area contributed by atoms with Gasteiger partial charge < -0.3 is 15.7 Å². The van der Waals surface area contributed by atoms with E-state index >= 15 is 0 Å². The molecule has 1 aliphatic heterocycles. The van der Waals surface area contributed by atoms with Crippen LogP contribution < -0.4 is 5.73 Å². The maximum Gasteiger partial charge on any atom is 0.407 e. The maximum absolute atomic E-state index is 10.7. The van der Waals surface area contributed by atoms with Crippen molar-refractivity contribution in [3.63, 3.8) is 0 Å². The highest BCUT2D eigenvalue weighted by Gasteiger charge is 2.23. The van der Waals surface area contributed by atoms with Crippen molar-refractivity contribution >= 4 is 11.9 Å². The molecule has 0 aromatic carbocycles. The first-order valence-corrected chi connectivity index (χ1v) is 5.36. The quantitative estimate of drug-likeness (QED) is 0.753. The minimum Gasteiger partial charge on any atom is -0.465 e. The van der Waals surface area contributed by atoms with Crippen molar-refractivity contribution in [2.75, 3.05) is 18.8 Å². The highest BCUT2D eigenvalue weighted by molar-refractivity contribution is 5.65. The number of hydrogen-bond acceptors (Lipinski definition) is 3. The molecule has 5 heteroatoms. The van der Waals surface area contributed by atoms with E-state index in [2.05, 4.69) is 4.98 Å². The van der Waals surface area contributed by atoms with Crippen molar-refractivity contribution in [3.8, 4) is 0 Å². The lowest BCUT2D eigenvalue weighted by Gasteiger charge is -2.30. The molecule has 0 atom stereocenters. The molecule has 86 valence electrons. The molecule has 1 saturated heterocycles. The first-order valence-electron chi connectivity index (χ1n) is 5.36. The van der Waals surface area contributed by atoms with E-state index in [0.717, 1.165) is 18.4 Å². The third kappa shape index (κ3) is 2.24. The second-order valence-corrected chi connectivity index (χ2v) is 4.06. The van der Waals surface area contributed by atoms with E-state index in [1.807, 2.05) is 12.1 Å². The number of nitrogens with two attached hydrogens (primary N) is 1. The summed E-state index contributed by atoms with van der Waals surface area (Å²) < 4.78 is 0. The van der Waals surface area contributed by atoms with Crippen LogP contribution in [0.2, 0.25) is 0 Å². The zero-order chi connectivity index (χ0) is 11.5. The fourth-order valence-corrected chi connectivity index (χ4v) is 2.12. The van der Waals surface area contributed by atoms with Crippen molar-refractivity contribution in [2.24, 2.45) is 0 Å². The molecular weight excluding hydrogens is 206 g/mol. The number of hydrogen-bond donors (Lipinski definition) is 2. The van der Waals surface area contributed by atoms with E-state index in [9.17, 15) is 4.79 Å². The SMILES string of the molecule is Nc1cc(C2CCN(C(=O)O)CC2)ccn1. The van der Waals surface area contributed by atoms with Crippen LogP contribution >= 0.6 is 0 Å². The Balaban J connectivity index is 2.01. The Morgan fingerprint density at radius 2 is 2.19 bits per heavy atom. The van der Waals surface area contributed by atoms with E-state index in [4.69, 9.17) is 10.8 Å². The summed E-state index contributed by atoms with van der Waals surface area (Å²) in [5.74, 6) is 0.930. The van der Waals surface area contributed by atoms with Gasteiger partial charge in [-0.1, -0.05) is 0 Å². The summed E-state index contributed by atoms with van der Waals surface area (Å²) in [7, 11) is 0. The number of carboxylic acid groups (broad SMARTS) is 1. The van der Waals surface area contributed by atoms with Gasteiger partial charge in [-0.25, -0.2) is 9.78 Å². The minimum absolute atomic E-state index is 0.404. The van der Waals surface area contributed by atoms with Crippen LogP contribution in [0.25, 0.3) is 0 Å². The van der Waals surface area contributed by atoms with E-state index in [1.165, 1.54) is 4.90 Å². The first-order chi connectivity index (χ1) is 7.66. The summed E-state index contributed by atoms with van der Waals surface area (Å²) in [6.07, 6.45) is 2.59. The van der Waals surface area contributed by atoms with Gasteiger partial charge in [0.1, 0.15) is 5.82 Å². The highest BCUT2D eigenvalue weighted by atomic mass is 16.4. The summed E-state index contributed by atoms with van der Waals surface area (Å²) in [6, 6.07) is 3.83. The third-order valence-corrected chi connectivity index (χ3v) is 3.04. The number of nitrogens with zero attached hydrogens (tertiary/aromatic N) is 2. The molecule has 2 heterocycles. The molecule has 0 aliphatic carbocycles. The van der Waals surface area contributed by atoms with Gasteiger partial charge in [0.15, 0.2) is 0 Å². The third-order valence-electron chi connectivity index (χ3n) is 3.04. The molecule has 1 aliphatic rings. The normalized spacial score (nSPS) is 17.4. The van der Waals surface area contributed by atoms with Crippen molar-refractivity contribution in [2.45, 2.75) is 18.8 Å². The zero-order valence-corrected chi connectivity index (χ0v) is 8.97. The average molecular weight is 221 g/mol. The largest absolute Gasteiger partial charge is 0.465 e. The van der Waals surface area contributed by atoms with Gasteiger partial charge >= 0.3 is 6.09 Å². The zero-order valence-electron chi connectivity index (χ0n) is 8.97. The fourth-order valence-electron chi connectivity index (χ4n) is 2.12. The lowest BCUT2D eigenvalue weighted by atomic mass is 9.90. The smallest absolute Gasteiger partial charge is 0.407 e. The Hall–Kier alpha value is -1.78. The molecule has 0 unspecified atom stereocenters. The second-order valence-electron chi connectivity index (χ2n) is 4.06. The molecule has 1 fully saturated rings. The van der Waals surface area contributed by atoms with Gasteiger partial charge in [-0.05, 0) is 36.5 Å². The average Bonchev–Trinajstić information content (AvgIpc) is 2.29. The van der Waals surface area contributed by atoms with Crippen LogP contribution in [0, 0.1) is 0 Å². The number of anilines is 1. The summed E-state index contributed by atoms with van der Waals surface area (Å²) in [4.78, 5) is 16.2. The molecule has 0 bridgehead atoms. The lowest BCUT2D eigenvalue weighted by Crippen LogP contribution is -2.36. The van der Waals surface area contributed by atoms with Gasteiger partial charge in [0.05, 0.1) is 0 Å². The van der Waals surface area contributed by atoms with Crippen LogP contribution in [0.3, 0.4) is 0 Å². The first kappa shape index (κ1) is 10.7. The molecule has 1 aromatic rings. The van der Waals surface area contributed by atoms with E-state index in [0.29, 0.717) is 24.8 Å². The number of amides is 1. The van der Waals surface area contributed by atoms with E-state index in [1.54, 1.807) is 6.20 Å². The summed E-state index contributed by atoms with van der Waals surface area (Å²) in [6.45, 7) is 1.20. The summed E-state index contributed by atoms with van der Waals surface area (Å²) in [5.41, 5.74) is 6.79. The standard InChI is InChI=1S/C11H15N3O2/c12-10-7-9(1-4-13-10)8-2-5-14(6-3-8)11(15)16/h1,4,7-8H,2-3,5-6H2,(H2,12,13)(H,15,16). The number of pyridine rings is 1. The molecule has 3 N–H and O–H groups in total. The number of piperidine rings is 1. The Morgan fingerprint density at radius 1 is 1.50 bits per heavy atom. The van der Waals surface area contributed by atoms with Gasteiger partial charge in [-0.15, -0.1) is 0 Å². The summed E-state index contributed by atoms with van der Waals surface area (Å²) in [5, 5.41) is 8.84. The Bertz CT molecular complexity index is 387. The number of likely N-dealkylation sites (tertiary alicyclic amines) is 1. The van der Waals surface area contributed by atoms with Gasteiger partial charge in [-0.3, -0.25) is 0 Å². The van der Waals surface area contributed by atoms with Crippen LogP contribution in [0.1, 0.15) is 24.3 Å². The van der Waals surface area contributed by atoms with Gasteiger partial charge in [-0.2, -0.15) is 0 Å². The molecular formula is C11H15N3O2. The molecule has 16 heavy (non-hydrogen) atoms. The monoisotopic (exact) mass is 221 g/mol. The van der Waals surface area contributed by atoms with Crippen LogP contribution in [-0.2, 0) is 0 Å². The van der Waals surface area contributed by atoms with Gasteiger partial charge in [0.2, 0.25) is 0 Å². The summed E-state index contributed by atoms with van der Waals surface area (Å²) >= 11 is 0. The fraction of sp³-hybridized carbons (Fsp3) is 0.455. The van der Waals surface area contributed by atoms with Crippen LogP contribution in [-0.4, -0.2) is 34.2 Å². The Morgan fingerprint density at radius 3 is 2.75 bits per heavy atom. The van der Waals surface area contributed by atoms with Gasteiger partial charge in [0, 0.05) is 19.3 Å². The van der Waals surface area contributed by atoms with Crippen molar-refractivity contribution < 1.29 is 9.90 Å². The predicted molar refractivity (Wildman–Crippen MR) is 60.2 cm³/mol. The van der Waals surface area contributed by atoms with Gasteiger partial charge in [0.25, 0.3) is 0 Å². The van der Waals surface area contributed by atoms with Crippen LogP contribution in [0.5, 0.6) is 0 Å². The number of aromatic nitrogens is 1. The predicted octanol–water partition coefficient (Wildman–Crippen LogP) is 1.52. The molecule has 2 rings (SSSR count). The van der Waals surface area contributed by atoms with Crippen LogP contribution in [0.4, 0.5) is 10.6 Å². The second kappa shape index (κ2) is 4.38.